The Hall–Kier alpha value is -2.62. The molecular weight excluding hydrogens is 315 g/mol. The van der Waals surface area contributed by atoms with E-state index in [9.17, 15) is 9.18 Å². The molecule has 1 aromatic rings. The van der Waals surface area contributed by atoms with Gasteiger partial charge < -0.3 is 10.6 Å². The quantitative estimate of drug-likeness (QED) is 0.782. The summed E-state index contributed by atoms with van der Waals surface area (Å²) in [5.41, 5.74) is 4.28. The third kappa shape index (κ3) is 6.07. The van der Waals surface area contributed by atoms with Crippen molar-refractivity contribution in [3.63, 3.8) is 0 Å². The van der Waals surface area contributed by atoms with Gasteiger partial charge in [0.2, 0.25) is 5.91 Å². The van der Waals surface area contributed by atoms with Crippen LogP contribution in [0.2, 0.25) is 0 Å². The second kappa shape index (κ2) is 9.02. The Kier molecular flexibility index (Phi) is 6.75. The Morgan fingerprint density at radius 3 is 2.84 bits per heavy atom. The van der Waals surface area contributed by atoms with Crippen LogP contribution in [0.4, 0.5) is 10.1 Å². The second-order valence-electron chi connectivity index (χ2n) is 6.21. The van der Waals surface area contributed by atoms with Gasteiger partial charge in [0, 0.05) is 12.2 Å². The summed E-state index contributed by atoms with van der Waals surface area (Å²) in [6, 6.07) is 4.99. The van der Waals surface area contributed by atoms with Crippen LogP contribution in [0.25, 0.3) is 0 Å². The lowest BCUT2D eigenvalue weighted by molar-refractivity contribution is -0.120. The fourth-order valence-electron chi connectivity index (χ4n) is 2.46. The van der Waals surface area contributed by atoms with Crippen LogP contribution in [0.3, 0.4) is 0 Å². The van der Waals surface area contributed by atoms with Crippen LogP contribution >= 0.6 is 0 Å². The number of carbonyl (C=O) groups excluding carboxylic acids is 1. The molecule has 2 N–H and O–H groups in total. The minimum atomic E-state index is -0.322. The molecule has 0 spiro atoms. The monoisotopic (exact) mass is 340 g/mol. The first-order chi connectivity index (χ1) is 12.0. The van der Waals surface area contributed by atoms with Crippen molar-refractivity contribution < 1.29 is 9.18 Å². The number of amides is 1. The maximum absolute atomic E-state index is 13.9. The van der Waals surface area contributed by atoms with Crippen molar-refractivity contribution in [2.24, 2.45) is 0 Å². The summed E-state index contributed by atoms with van der Waals surface area (Å²) in [6.45, 7) is 6.24. The third-order valence-electron chi connectivity index (χ3n) is 4.01. The highest BCUT2D eigenvalue weighted by Gasteiger charge is 2.09. The molecule has 0 aliphatic heterocycles. The predicted octanol–water partition coefficient (Wildman–Crippen LogP) is 4.79. The van der Waals surface area contributed by atoms with Crippen molar-refractivity contribution in [3.8, 4) is 0 Å². The molecule has 1 aliphatic carbocycles. The van der Waals surface area contributed by atoms with E-state index >= 15 is 0 Å². The maximum Gasteiger partial charge on any atom is 0.226 e. The minimum Gasteiger partial charge on any atom is -0.356 e. The Labute approximate surface area is 149 Å². The Morgan fingerprint density at radius 2 is 2.12 bits per heavy atom. The van der Waals surface area contributed by atoms with E-state index < -0.39 is 0 Å². The van der Waals surface area contributed by atoms with E-state index in [4.69, 9.17) is 0 Å². The molecular formula is C21H25FN2O. The number of aryl methyl sites for hydroxylation is 1. The van der Waals surface area contributed by atoms with Crippen molar-refractivity contribution in [1.29, 1.82) is 0 Å². The molecule has 0 fully saturated rings. The molecule has 1 aliphatic rings. The average Bonchev–Trinajstić information content (AvgIpc) is 2.79. The van der Waals surface area contributed by atoms with Gasteiger partial charge in [-0.2, -0.15) is 0 Å². The fraction of sp³-hybridized carbons (Fsp3) is 0.286. The fourth-order valence-corrected chi connectivity index (χ4v) is 2.46. The standard InChI is InChI=1S/C21H25FN2O/c1-4-18(24-20-11-9-16(3)12-19(20)22)13-21(25)23-14-17-7-5-6-15(2)8-10-17/h4-9,11-12,24H,10,13-14H2,1-3H3,(H,23,25)/b18-4+. The summed E-state index contributed by atoms with van der Waals surface area (Å²) >= 11 is 0. The molecule has 0 aromatic heterocycles. The van der Waals surface area contributed by atoms with Gasteiger partial charge in [-0.3, -0.25) is 4.79 Å². The van der Waals surface area contributed by atoms with Crippen LogP contribution in [0, 0.1) is 12.7 Å². The lowest BCUT2D eigenvalue weighted by Gasteiger charge is -2.13. The summed E-state index contributed by atoms with van der Waals surface area (Å²) in [4.78, 5) is 12.2. The minimum absolute atomic E-state index is 0.0945. The summed E-state index contributed by atoms with van der Waals surface area (Å²) in [5, 5.41) is 5.92. The van der Waals surface area contributed by atoms with E-state index in [0.29, 0.717) is 17.9 Å². The van der Waals surface area contributed by atoms with Crippen LogP contribution in [0.5, 0.6) is 0 Å². The van der Waals surface area contributed by atoms with Crippen molar-refractivity contribution in [2.75, 3.05) is 11.9 Å². The first-order valence-corrected chi connectivity index (χ1v) is 8.46. The van der Waals surface area contributed by atoms with Gasteiger partial charge in [-0.15, -0.1) is 0 Å². The van der Waals surface area contributed by atoms with E-state index in [1.807, 2.05) is 38.1 Å². The van der Waals surface area contributed by atoms with Gasteiger partial charge in [-0.05, 0) is 50.5 Å². The molecule has 4 heteroatoms. The normalized spacial score (nSPS) is 14.5. The highest BCUT2D eigenvalue weighted by atomic mass is 19.1. The largest absolute Gasteiger partial charge is 0.356 e. The Morgan fingerprint density at radius 1 is 1.32 bits per heavy atom. The number of hydrogen-bond donors (Lipinski definition) is 2. The molecule has 132 valence electrons. The molecule has 3 nitrogen and oxygen atoms in total. The van der Waals surface area contributed by atoms with E-state index in [-0.39, 0.29) is 18.1 Å². The Balaban J connectivity index is 1.88. The van der Waals surface area contributed by atoms with Crippen LogP contribution in [0.15, 0.2) is 65.4 Å². The third-order valence-corrected chi connectivity index (χ3v) is 4.01. The zero-order valence-corrected chi connectivity index (χ0v) is 15.0. The molecule has 0 atom stereocenters. The van der Waals surface area contributed by atoms with Gasteiger partial charge >= 0.3 is 0 Å². The number of nitrogens with one attached hydrogen (secondary N) is 2. The summed E-state index contributed by atoms with van der Waals surface area (Å²) < 4.78 is 13.9. The topological polar surface area (TPSA) is 41.1 Å². The molecule has 0 saturated heterocycles. The summed E-state index contributed by atoms with van der Waals surface area (Å²) in [6.07, 6.45) is 11.0. The molecule has 0 unspecified atom stereocenters. The number of anilines is 1. The average molecular weight is 340 g/mol. The number of halogens is 1. The first kappa shape index (κ1) is 18.7. The predicted molar refractivity (Wildman–Crippen MR) is 102 cm³/mol. The number of benzene rings is 1. The summed E-state index contributed by atoms with van der Waals surface area (Å²) in [7, 11) is 0. The Bertz CT molecular complexity index is 754. The van der Waals surface area contributed by atoms with Crippen molar-refractivity contribution >= 4 is 11.6 Å². The molecule has 0 heterocycles. The zero-order valence-electron chi connectivity index (χ0n) is 15.0. The SMILES string of the molecule is C/C=C(\CC(=O)NCC1=CC=CC(C)=CC1)Nc1ccc(C)cc1F. The molecule has 2 rings (SSSR count). The van der Waals surface area contributed by atoms with Crippen molar-refractivity contribution in [1.82, 2.24) is 5.32 Å². The van der Waals surface area contributed by atoms with Gasteiger partial charge in [0.25, 0.3) is 0 Å². The highest BCUT2D eigenvalue weighted by molar-refractivity contribution is 5.79. The van der Waals surface area contributed by atoms with Crippen LogP contribution in [-0.2, 0) is 4.79 Å². The number of hydrogen-bond acceptors (Lipinski definition) is 2. The van der Waals surface area contributed by atoms with E-state index in [1.54, 1.807) is 12.1 Å². The molecule has 0 bridgehead atoms. The van der Waals surface area contributed by atoms with Gasteiger partial charge in [-0.25, -0.2) is 4.39 Å². The lowest BCUT2D eigenvalue weighted by Crippen LogP contribution is -2.26. The molecule has 1 aromatic carbocycles. The molecule has 0 saturated carbocycles. The molecule has 25 heavy (non-hydrogen) atoms. The lowest BCUT2D eigenvalue weighted by atomic mass is 10.1. The van der Waals surface area contributed by atoms with Gasteiger partial charge in [0.1, 0.15) is 5.82 Å². The van der Waals surface area contributed by atoms with Crippen LogP contribution in [-0.4, -0.2) is 12.5 Å². The summed E-state index contributed by atoms with van der Waals surface area (Å²) in [5.74, 6) is -0.416. The molecule has 1 amide bonds. The smallest absolute Gasteiger partial charge is 0.226 e. The number of rotatable bonds is 6. The van der Waals surface area contributed by atoms with E-state index in [0.717, 1.165) is 17.6 Å². The van der Waals surface area contributed by atoms with Gasteiger partial charge in [0.15, 0.2) is 0 Å². The number of carbonyl (C=O) groups is 1. The molecule has 0 radical (unpaired) electrons. The van der Waals surface area contributed by atoms with Crippen LogP contribution in [0.1, 0.15) is 32.3 Å². The van der Waals surface area contributed by atoms with Gasteiger partial charge in [0.05, 0.1) is 12.1 Å². The van der Waals surface area contributed by atoms with Crippen molar-refractivity contribution in [3.05, 3.63) is 76.8 Å². The van der Waals surface area contributed by atoms with Crippen LogP contribution < -0.4 is 10.6 Å². The second-order valence-corrected chi connectivity index (χ2v) is 6.21. The maximum atomic E-state index is 13.9. The van der Waals surface area contributed by atoms with Gasteiger partial charge in [-0.1, -0.05) is 42.0 Å². The van der Waals surface area contributed by atoms with E-state index in [2.05, 4.69) is 23.6 Å². The first-order valence-electron chi connectivity index (χ1n) is 8.46. The highest BCUT2D eigenvalue weighted by Crippen LogP contribution is 2.18. The van der Waals surface area contributed by atoms with Crippen molar-refractivity contribution in [2.45, 2.75) is 33.6 Å². The number of allylic oxidation sites excluding steroid dienone is 6. The van der Waals surface area contributed by atoms with E-state index in [1.165, 1.54) is 11.6 Å². The zero-order chi connectivity index (χ0) is 18.2.